The number of aliphatic carboxylic acids is 1. The van der Waals surface area contributed by atoms with E-state index in [1.165, 1.54) is 103 Å². The minimum atomic E-state index is -2.96. The third kappa shape index (κ3) is 23.8. The number of aliphatic hydroxyl groups is 8. The fourth-order valence-corrected chi connectivity index (χ4v) is 9.10. The van der Waals surface area contributed by atoms with E-state index in [0.29, 0.717) is 12.8 Å². The molecule has 18 nitrogen and oxygen atoms in total. The van der Waals surface area contributed by atoms with Crippen LogP contribution in [0.1, 0.15) is 194 Å². The van der Waals surface area contributed by atoms with Gasteiger partial charge in [0.1, 0.15) is 42.7 Å². The third-order valence-electron chi connectivity index (χ3n) is 13.3. The van der Waals surface area contributed by atoms with Gasteiger partial charge in [-0.15, -0.1) is 0 Å². The Bertz CT molecular complexity index is 1400. The maximum absolute atomic E-state index is 13.3. The van der Waals surface area contributed by atoms with Gasteiger partial charge in [0.2, 0.25) is 11.8 Å². The topological polar surface area (TPSA) is 294 Å². The van der Waals surface area contributed by atoms with Gasteiger partial charge < -0.3 is 75.5 Å². The van der Waals surface area contributed by atoms with Crippen molar-refractivity contribution in [1.29, 1.82) is 0 Å². The van der Waals surface area contributed by atoms with Gasteiger partial charge in [-0.2, -0.15) is 0 Å². The Morgan fingerprint density at radius 3 is 1.72 bits per heavy atom. The minimum Gasteiger partial charge on any atom is -0.477 e. The summed E-state index contributed by atoms with van der Waals surface area (Å²) in [6, 6.07) is -2.55. The summed E-state index contributed by atoms with van der Waals surface area (Å²) in [5.41, 5.74) is 0. The van der Waals surface area contributed by atoms with Crippen molar-refractivity contribution in [2.24, 2.45) is 0 Å². The first-order valence-electron chi connectivity index (χ1n) is 26.5. The SMILES string of the molecule is CCCCCCCCCCCCC/C=C/[C@@H](O)[C@H](CO[C@@H]1O[C@H](CO)[C@H](O)[C@H](O[C@]2(C(=O)O)C[C@H](O)[C@@H](NC(C)=O)[C@H]([C@H](O)[C@H](O)CO)O2)[C@H]1O)NC(=O)CCCCCCCCCCCCCCC. The smallest absolute Gasteiger partial charge is 0.364 e. The summed E-state index contributed by atoms with van der Waals surface area (Å²) < 4.78 is 23.1. The fraction of sp³-hybridized carbons (Fsp3) is 0.902. The average molecular weight is 991 g/mol. The van der Waals surface area contributed by atoms with Gasteiger partial charge in [0.25, 0.3) is 5.79 Å². The van der Waals surface area contributed by atoms with Crippen LogP contribution in [0.4, 0.5) is 0 Å². The Morgan fingerprint density at radius 1 is 0.739 bits per heavy atom. The van der Waals surface area contributed by atoms with Gasteiger partial charge in [-0.05, 0) is 19.3 Å². The van der Waals surface area contributed by atoms with E-state index < -0.39 is 117 Å². The largest absolute Gasteiger partial charge is 0.477 e. The van der Waals surface area contributed by atoms with Crippen LogP contribution in [0.15, 0.2) is 12.2 Å². The zero-order chi connectivity index (χ0) is 51.0. The van der Waals surface area contributed by atoms with Gasteiger partial charge in [-0.1, -0.05) is 167 Å². The number of carboxylic acids is 1. The molecule has 0 spiro atoms. The van der Waals surface area contributed by atoms with Crippen LogP contribution in [-0.4, -0.2) is 163 Å². The fourth-order valence-electron chi connectivity index (χ4n) is 9.10. The molecule has 0 unspecified atom stereocenters. The van der Waals surface area contributed by atoms with Gasteiger partial charge in [0.15, 0.2) is 6.29 Å². The number of rotatable bonds is 40. The maximum atomic E-state index is 13.3. The monoisotopic (exact) mass is 991 g/mol. The molecule has 18 heteroatoms. The van der Waals surface area contributed by atoms with Crippen molar-refractivity contribution in [2.45, 2.75) is 273 Å². The van der Waals surface area contributed by atoms with E-state index in [1.807, 2.05) is 6.08 Å². The van der Waals surface area contributed by atoms with Crippen molar-refractivity contribution in [3.63, 3.8) is 0 Å². The summed E-state index contributed by atoms with van der Waals surface area (Å²) in [4.78, 5) is 38.2. The molecule has 2 fully saturated rings. The molecule has 2 saturated heterocycles. The van der Waals surface area contributed by atoms with Gasteiger partial charge in [0, 0.05) is 19.8 Å². The molecular weight excluding hydrogens is 897 g/mol. The van der Waals surface area contributed by atoms with Gasteiger partial charge >= 0.3 is 5.97 Å². The van der Waals surface area contributed by atoms with E-state index >= 15 is 0 Å². The first-order chi connectivity index (χ1) is 33.2. The molecule has 0 bridgehead atoms. The standard InChI is InChI=1S/C51H94N2O16/c1-4-6-8-10-12-14-16-18-20-22-24-26-28-30-38(57)37(53-42(60)31-29-27-25-23-21-19-17-15-13-11-9-7-5-2)35-66-49-46(63)48(45(62)41(34-55)67-49)69-51(50(64)65)32-39(58)43(52-36(3)56)47(68-51)44(61)40(59)33-54/h28,30,37-41,43-49,54-55,57-59,61-63H,4-27,29,31-35H2,1-3H3,(H,52,56)(H,53,60)(H,64,65)/b30-28+/t37-,38+,39-,40+,41+,43+,44+,45-,46+,47+,48-,49+,51-/m0/s1. The molecule has 0 aromatic carbocycles. The second-order valence-electron chi connectivity index (χ2n) is 19.4. The van der Waals surface area contributed by atoms with Crippen molar-refractivity contribution < 1.29 is 79.3 Å². The number of hydrogen-bond acceptors (Lipinski definition) is 15. The van der Waals surface area contributed by atoms with Crippen molar-refractivity contribution >= 4 is 17.8 Å². The molecule has 0 aliphatic carbocycles. The predicted molar refractivity (Wildman–Crippen MR) is 260 cm³/mol. The number of nitrogens with one attached hydrogen (secondary N) is 2. The molecule has 2 heterocycles. The summed E-state index contributed by atoms with van der Waals surface area (Å²) in [6.45, 7) is 3.21. The minimum absolute atomic E-state index is 0.206. The lowest BCUT2D eigenvalue weighted by atomic mass is 9.88. The lowest BCUT2D eigenvalue weighted by Crippen LogP contribution is -2.70. The second-order valence-corrected chi connectivity index (χ2v) is 19.4. The first kappa shape index (κ1) is 62.8. The molecule has 0 aromatic rings. The molecule has 2 aliphatic heterocycles. The Labute approximate surface area is 411 Å². The number of hydrogen-bond donors (Lipinski definition) is 11. The van der Waals surface area contributed by atoms with Crippen molar-refractivity contribution in [1.82, 2.24) is 10.6 Å². The molecule has 0 radical (unpaired) electrons. The average Bonchev–Trinajstić information content (AvgIpc) is 3.32. The summed E-state index contributed by atoms with van der Waals surface area (Å²) in [5, 5.41) is 102. The van der Waals surface area contributed by atoms with Gasteiger partial charge in [0.05, 0.1) is 44.1 Å². The van der Waals surface area contributed by atoms with E-state index in [4.69, 9.17) is 18.9 Å². The molecule has 404 valence electrons. The molecule has 0 saturated carbocycles. The molecule has 0 aromatic heterocycles. The number of carboxylic acid groups (broad SMARTS) is 1. The summed E-state index contributed by atoms with van der Waals surface area (Å²) >= 11 is 0. The van der Waals surface area contributed by atoms with Crippen LogP contribution >= 0.6 is 0 Å². The van der Waals surface area contributed by atoms with E-state index in [-0.39, 0.29) is 12.3 Å². The molecular formula is C51H94N2O16. The highest BCUT2D eigenvalue weighted by Crippen LogP contribution is 2.37. The lowest BCUT2D eigenvalue weighted by molar-refractivity contribution is -0.370. The highest BCUT2D eigenvalue weighted by Gasteiger charge is 2.59. The summed E-state index contributed by atoms with van der Waals surface area (Å²) in [6.07, 6.45) is 13.5. The van der Waals surface area contributed by atoms with Crippen LogP contribution in [-0.2, 0) is 33.3 Å². The quantitative estimate of drug-likeness (QED) is 0.0296. The Balaban J connectivity index is 2.13. The van der Waals surface area contributed by atoms with Crippen LogP contribution in [0.5, 0.6) is 0 Å². The zero-order valence-electron chi connectivity index (χ0n) is 42.2. The number of carbonyl (C=O) groups excluding carboxylic acids is 2. The number of unbranched alkanes of at least 4 members (excludes halogenated alkanes) is 23. The predicted octanol–water partition coefficient (Wildman–Crippen LogP) is 4.56. The molecule has 11 N–H and O–H groups in total. The number of ether oxygens (including phenoxy) is 4. The van der Waals surface area contributed by atoms with E-state index in [0.717, 1.165) is 51.9 Å². The molecule has 13 atom stereocenters. The highest BCUT2D eigenvalue weighted by molar-refractivity contribution is 5.77. The van der Waals surface area contributed by atoms with Gasteiger partial charge in [-0.25, -0.2) is 4.79 Å². The normalized spacial score (nSPS) is 26.9. The van der Waals surface area contributed by atoms with Crippen LogP contribution in [0.25, 0.3) is 0 Å². The number of allylic oxidation sites excluding steroid dienone is 1. The number of aliphatic hydroxyl groups excluding tert-OH is 8. The molecule has 69 heavy (non-hydrogen) atoms. The van der Waals surface area contributed by atoms with Crippen molar-refractivity contribution in [2.75, 3.05) is 19.8 Å². The van der Waals surface area contributed by atoms with E-state index in [1.54, 1.807) is 6.08 Å². The third-order valence-corrected chi connectivity index (χ3v) is 13.3. The van der Waals surface area contributed by atoms with Crippen LogP contribution in [0.3, 0.4) is 0 Å². The maximum Gasteiger partial charge on any atom is 0.364 e. The van der Waals surface area contributed by atoms with E-state index in [2.05, 4.69) is 24.5 Å². The number of amides is 2. The lowest BCUT2D eigenvalue weighted by Gasteiger charge is -2.50. The summed E-state index contributed by atoms with van der Waals surface area (Å²) in [5.74, 6) is -5.88. The molecule has 2 amide bonds. The Hall–Kier alpha value is -2.33. The van der Waals surface area contributed by atoms with Crippen LogP contribution < -0.4 is 10.6 Å². The van der Waals surface area contributed by atoms with Crippen molar-refractivity contribution in [3.05, 3.63) is 12.2 Å². The van der Waals surface area contributed by atoms with Crippen molar-refractivity contribution in [3.8, 4) is 0 Å². The van der Waals surface area contributed by atoms with E-state index in [9.17, 15) is 60.3 Å². The summed E-state index contributed by atoms with van der Waals surface area (Å²) in [7, 11) is 0. The Morgan fingerprint density at radius 2 is 1.25 bits per heavy atom. The Kier molecular flexibility index (Phi) is 33.3. The highest BCUT2D eigenvalue weighted by atomic mass is 16.8. The number of carbonyl (C=O) groups is 3. The zero-order valence-corrected chi connectivity index (χ0v) is 42.2. The second kappa shape index (κ2) is 36.6. The van der Waals surface area contributed by atoms with Crippen LogP contribution in [0, 0.1) is 0 Å². The van der Waals surface area contributed by atoms with Gasteiger partial charge in [-0.3, -0.25) is 9.59 Å². The first-order valence-corrected chi connectivity index (χ1v) is 26.5. The molecule has 2 aliphatic rings. The molecule has 2 rings (SSSR count). The van der Waals surface area contributed by atoms with Crippen LogP contribution in [0.2, 0.25) is 0 Å².